The van der Waals surface area contributed by atoms with Crippen LogP contribution in [0.4, 0.5) is 0 Å². The highest BCUT2D eigenvalue weighted by Gasteiger charge is 2.17. The van der Waals surface area contributed by atoms with Crippen molar-refractivity contribution in [2.75, 3.05) is 13.2 Å². The Morgan fingerprint density at radius 1 is 1.27 bits per heavy atom. The minimum atomic E-state index is -0.902. The van der Waals surface area contributed by atoms with E-state index in [1.165, 1.54) is 5.56 Å². The van der Waals surface area contributed by atoms with Gasteiger partial charge in [-0.3, -0.25) is 0 Å². The summed E-state index contributed by atoms with van der Waals surface area (Å²) in [6.07, 6.45) is 2.34. The molecule has 22 heavy (non-hydrogen) atoms. The first kappa shape index (κ1) is 16.5. The van der Waals surface area contributed by atoms with Gasteiger partial charge in [-0.05, 0) is 62.9 Å². The van der Waals surface area contributed by atoms with Crippen LogP contribution in [0.2, 0.25) is 0 Å². The van der Waals surface area contributed by atoms with E-state index >= 15 is 0 Å². The largest absolute Gasteiger partial charge is 0.478 e. The van der Waals surface area contributed by atoms with E-state index < -0.39 is 5.97 Å². The number of carboxylic acids is 1. The predicted octanol–water partition coefficient (Wildman–Crippen LogP) is 2.23. The van der Waals surface area contributed by atoms with Gasteiger partial charge in [0.1, 0.15) is 0 Å². The topological polar surface area (TPSA) is 88.5 Å². The fourth-order valence-corrected chi connectivity index (χ4v) is 3.04. The number of rotatable bonds is 7. The maximum atomic E-state index is 11.4. The zero-order valence-electron chi connectivity index (χ0n) is 13.2. The first-order valence-corrected chi connectivity index (χ1v) is 7.67. The van der Waals surface area contributed by atoms with Crippen LogP contribution in [0.25, 0.3) is 10.9 Å². The molecule has 5 nitrogen and oxygen atoms in total. The molecule has 2 rings (SSSR count). The molecule has 0 fully saturated rings. The van der Waals surface area contributed by atoms with Gasteiger partial charge in [0.25, 0.3) is 0 Å². The molecule has 0 aliphatic carbocycles. The van der Waals surface area contributed by atoms with Gasteiger partial charge < -0.3 is 20.5 Å². The van der Waals surface area contributed by atoms with Crippen molar-refractivity contribution in [2.24, 2.45) is 5.73 Å². The van der Waals surface area contributed by atoms with Crippen molar-refractivity contribution in [1.82, 2.24) is 4.57 Å². The van der Waals surface area contributed by atoms with Gasteiger partial charge in [0.15, 0.2) is 0 Å². The van der Waals surface area contributed by atoms with Crippen molar-refractivity contribution in [1.29, 1.82) is 0 Å². The number of carboxylic acid groups (broad SMARTS) is 1. The second kappa shape index (κ2) is 6.94. The van der Waals surface area contributed by atoms with Crippen molar-refractivity contribution in [3.8, 4) is 0 Å². The molecule has 0 spiro atoms. The number of aliphatic hydroxyl groups is 1. The molecule has 0 atom stereocenters. The van der Waals surface area contributed by atoms with Crippen LogP contribution in [-0.4, -0.2) is 33.9 Å². The van der Waals surface area contributed by atoms with Crippen LogP contribution in [0, 0.1) is 13.8 Å². The zero-order chi connectivity index (χ0) is 16.3. The third-order valence-electron chi connectivity index (χ3n) is 4.20. The lowest BCUT2D eigenvalue weighted by atomic mass is 10.0. The number of hydrogen-bond donors (Lipinski definition) is 3. The standard InChI is InChI=1S/C17H24N2O3/c1-11-9-15-13(5-3-8-20)12(2)19(7-4-6-18)16(15)10-14(11)17(21)22/h9-10,20H,3-8,18H2,1-2H3,(H,21,22). The monoisotopic (exact) mass is 304 g/mol. The number of aliphatic hydroxyl groups excluding tert-OH is 1. The molecular formula is C17H24N2O3. The minimum Gasteiger partial charge on any atom is -0.478 e. The van der Waals surface area contributed by atoms with Crippen LogP contribution in [0.5, 0.6) is 0 Å². The van der Waals surface area contributed by atoms with Crippen LogP contribution >= 0.6 is 0 Å². The Hall–Kier alpha value is -1.85. The van der Waals surface area contributed by atoms with Crippen molar-refractivity contribution in [3.05, 3.63) is 34.5 Å². The average Bonchev–Trinajstić information content (AvgIpc) is 2.73. The molecule has 0 radical (unpaired) electrons. The Morgan fingerprint density at radius 3 is 2.59 bits per heavy atom. The molecule has 0 amide bonds. The minimum absolute atomic E-state index is 0.154. The fraction of sp³-hybridized carbons (Fsp3) is 0.471. The highest BCUT2D eigenvalue weighted by molar-refractivity contribution is 5.96. The Balaban J connectivity index is 2.65. The number of aryl methyl sites for hydroxylation is 3. The number of carbonyl (C=O) groups is 1. The van der Waals surface area contributed by atoms with E-state index in [9.17, 15) is 9.90 Å². The summed E-state index contributed by atoms with van der Waals surface area (Å²) in [4.78, 5) is 11.4. The van der Waals surface area contributed by atoms with E-state index in [0.717, 1.165) is 41.5 Å². The van der Waals surface area contributed by atoms with Gasteiger partial charge in [-0.1, -0.05) is 0 Å². The highest BCUT2D eigenvalue weighted by atomic mass is 16.4. The van der Waals surface area contributed by atoms with Crippen LogP contribution in [-0.2, 0) is 13.0 Å². The van der Waals surface area contributed by atoms with E-state index in [1.807, 2.05) is 13.0 Å². The lowest BCUT2D eigenvalue weighted by Gasteiger charge is -2.08. The smallest absolute Gasteiger partial charge is 0.336 e. The van der Waals surface area contributed by atoms with E-state index in [4.69, 9.17) is 10.8 Å². The van der Waals surface area contributed by atoms with Crippen molar-refractivity contribution in [3.63, 3.8) is 0 Å². The van der Waals surface area contributed by atoms with Crippen molar-refractivity contribution in [2.45, 2.75) is 39.7 Å². The zero-order valence-corrected chi connectivity index (χ0v) is 13.2. The van der Waals surface area contributed by atoms with Crippen molar-refractivity contribution >= 4 is 16.9 Å². The number of nitrogens with two attached hydrogens (primary N) is 1. The lowest BCUT2D eigenvalue weighted by Crippen LogP contribution is -2.08. The molecule has 2 aromatic rings. The lowest BCUT2D eigenvalue weighted by molar-refractivity contribution is 0.0696. The van der Waals surface area contributed by atoms with Gasteiger partial charge in [-0.25, -0.2) is 4.79 Å². The Bertz CT molecular complexity index is 689. The van der Waals surface area contributed by atoms with Crippen LogP contribution < -0.4 is 5.73 Å². The summed E-state index contributed by atoms with van der Waals surface area (Å²) in [6, 6.07) is 3.72. The van der Waals surface area contributed by atoms with Crippen LogP contribution in [0.15, 0.2) is 12.1 Å². The van der Waals surface area contributed by atoms with Gasteiger partial charge in [0.05, 0.1) is 5.56 Å². The molecule has 0 aliphatic rings. The van der Waals surface area contributed by atoms with Gasteiger partial charge in [0, 0.05) is 29.7 Å². The quantitative estimate of drug-likeness (QED) is 0.732. The SMILES string of the molecule is Cc1cc2c(CCCO)c(C)n(CCCN)c2cc1C(=O)O. The molecule has 0 saturated carbocycles. The van der Waals surface area contributed by atoms with Gasteiger partial charge >= 0.3 is 5.97 Å². The summed E-state index contributed by atoms with van der Waals surface area (Å²) in [7, 11) is 0. The molecular weight excluding hydrogens is 280 g/mol. The predicted molar refractivity (Wildman–Crippen MR) is 87.4 cm³/mol. The molecule has 1 aromatic carbocycles. The number of hydrogen-bond acceptors (Lipinski definition) is 3. The Kier molecular flexibility index (Phi) is 5.21. The summed E-state index contributed by atoms with van der Waals surface area (Å²) in [5.41, 5.74) is 10.0. The summed E-state index contributed by atoms with van der Waals surface area (Å²) in [6.45, 7) is 5.41. The van der Waals surface area contributed by atoms with E-state index in [-0.39, 0.29) is 6.61 Å². The van der Waals surface area contributed by atoms with E-state index in [0.29, 0.717) is 18.5 Å². The maximum Gasteiger partial charge on any atom is 0.336 e. The van der Waals surface area contributed by atoms with Gasteiger partial charge in [0.2, 0.25) is 0 Å². The number of nitrogens with zero attached hydrogens (tertiary/aromatic N) is 1. The third-order valence-corrected chi connectivity index (χ3v) is 4.20. The summed E-state index contributed by atoms with van der Waals surface area (Å²) in [5, 5.41) is 19.5. The number of benzene rings is 1. The molecule has 0 bridgehead atoms. The Morgan fingerprint density at radius 2 is 2.00 bits per heavy atom. The molecule has 0 aliphatic heterocycles. The normalized spacial score (nSPS) is 11.3. The molecule has 4 N–H and O–H groups in total. The third kappa shape index (κ3) is 3.00. The van der Waals surface area contributed by atoms with Crippen LogP contribution in [0.1, 0.15) is 40.0 Å². The van der Waals surface area contributed by atoms with Gasteiger partial charge in [-0.15, -0.1) is 0 Å². The van der Waals surface area contributed by atoms with E-state index in [2.05, 4.69) is 11.5 Å². The van der Waals surface area contributed by atoms with Crippen LogP contribution in [0.3, 0.4) is 0 Å². The number of aromatic nitrogens is 1. The molecule has 120 valence electrons. The first-order chi connectivity index (χ1) is 10.5. The molecule has 1 heterocycles. The Labute approximate surface area is 130 Å². The summed E-state index contributed by atoms with van der Waals surface area (Å²) in [5.74, 6) is -0.902. The average molecular weight is 304 g/mol. The van der Waals surface area contributed by atoms with E-state index in [1.54, 1.807) is 6.07 Å². The second-order valence-electron chi connectivity index (χ2n) is 5.67. The molecule has 0 unspecified atom stereocenters. The van der Waals surface area contributed by atoms with Gasteiger partial charge in [-0.2, -0.15) is 0 Å². The molecule has 0 saturated heterocycles. The first-order valence-electron chi connectivity index (χ1n) is 7.67. The summed E-state index contributed by atoms with van der Waals surface area (Å²) >= 11 is 0. The number of fused-ring (bicyclic) bond motifs is 1. The maximum absolute atomic E-state index is 11.4. The number of aromatic carboxylic acids is 1. The highest BCUT2D eigenvalue weighted by Crippen LogP contribution is 2.30. The van der Waals surface area contributed by atoms with Crippen molar-refractivity contribution < 1.29 is 15.0 Å². The second-order valence-corrected chi connectivity index (χ2v) is 5.67. The summed E-state index contributed by atoms with van der Waals surface area (Å²) < 4.78 is 2.15. The molecule has 5 heteroatoms. The fourth-order valence-electron chi connectivity index (χ4n) is 3.04. The molecule has 1 aromatic heterocycles.